The number of aliphatic hydroxyl groups excluding tert-OH is 1. The first kappa shape index (κ1) is 20.6. The number of hydrogen-bond acceptors (Lipinski definition) is 4. The molecule has 5 heteroatoms. The number of benzene rings is 2. The van der Waals surface area contributed by atoms with E-state index in [4.69, 9.17) is 4.74 Å². The Labute approximate surface area is 177 Å². The van der Waals surface area contributed by atoms with Crippen LogP contribution in [0.25, 0.3) is 5.57 Å². The number of nitrogens with zero attached hydrogens (tertiary/aromatic N) is 1. The Kier molecular flexibility index (Phi) is 5.67. The number of aliphatic carboxylic acids is 1. The second kappa shape index (κ2) is 8.25. The number of fused-ring (bicyclic) bond motifs is 2. The lowest BCUT2D eigenvalue weighted by atomic mass is 9.85. The van der Waals surface area contributed by atoms with Gasteiger partial charge in [-0.15, -0.1) is 0 Å². The highest BCUT2D eigenvalue weighted by Crippen LogP contribution is 2.41. The summed E-state index contributed by atoms with van der Waals surface area (Å²) in [5.41, 5.74) is 6.10. The molecule has 0 radical (unpaired) electrons. The first-order valence-electron chi connectivity index (χ1n) is 10.5. The van der Waals surface area contributed by atoms with E-state index >= 15 is 0 Å². The monoisotopic (exact) mass is 407 g/mol. The van der Waals surface area contributed by atoms with Crippen LogP contribution in [-0.2, 0) is 18.0 Å². The second-order valence-electron chi connectivity index (χ2n) is 8.88. The summed E-state index contributed by atoms with van der Waals surface area (Å²) in [6, 6.07) is 14.3. The van der Waals surface area contributed by atoms with Crippen LogP contribution in [0.3, 0.4) is 0 Å². The first-order chi connectivity index (χ1) is 14.4. The van der Waals surface area contributed by atoms with Crippen molar-refractivity contribution in [3.05, 3.63) is 70.3 Å². The molecule has 0 amide bonds. The Morgan fingerprint density at radius 1 is 1.10 bits per heavy atom. The average molecular weight is 408 g/mol. The lowest BCUT2D eigenvalue weighted by Crippen LogP contribution is -2.42. The van der Waals surface area contributed by atoms with Gasteiger partial charge in [-0.25, -0.2) is 0 Å². The fourth-order valence-corrected chi connectivity index (χ4v) is 4.43. The molecule has 1 saturated heterocycles. The molecule has 2 aliphatic rings. The summed E-state index contributed by atoms with van der Waals surface area (Å²) >= 11 is 0. The number of likely N-dealkylation sites (tertiary alicyclic amines) is 1. The second-order valence-corrected chi connectivity index (χ2v) is 8.88. The number of carboxylic acid groups (broad SMARTS) is 1. The topological polar surface area (TPSA) is 70.0 Å². The molecule has 0 aromatic heterocycles. The molecule has 0 saturated carbocycles. The van der Waals surface area contributed by atoms with Crippen LogP contribution in [0.5, 0.6) is 5.75 Å². The van der Waals surface area contributed by atoms with Gasteiger partial charge in [0.15, 0.2) is 0 Å². The van der Waals surface area contributed by atoms with Gasteiger partial charge in [-0.05, 0) is 61.1 Å². The molecule has 0 aliphatic carbocycles. The van der Waals surface area contributed by atoms with Gasteiger partial charge in [-0.3, -0.25) is 4.79 Å². The van der Waals surface area contributed by atoms with Gasteiger partial charge in [0.2, 0.25) is 0 Å². The van der Waals surface area contributed by atoms with Crippen molar-refractivity contribution in [1.82, 2.24) is 4.90 Å². The zero-order chi connectivity index (χ0) is 21.3. The van der Waals surface area contributed by atoms with Crippen molar-refractivity contribution in [2.75, 3.05) is 19.6 Å². The number of piperidine rings is 1. The number of carboxylic acids is 1. The van der Waals surface area contributed by atoms with Crippen LogP contribution in [0.1, 0.15) is 48.9 Å². The van der Waals surface area contributed by atoms with E-state index < -0.39 is 11.4 Å². The highest BCUT2D eigenvalue weighted by Gasteiger charge is 2.32. The summed E-state index contributed by atoms with van der Waals surface area (Å²) < 4.78 is 6.12. The molecule has 5 nitrogen and oxygen atoms in total. The minimum Gasteiger partial charge on any atom is -0.488 e. The smallest absolute Gasteiger partial charge is 0.310 e. The van der Waals surface area contributed by atoms with Gasteiger partial charge in [-0.2, -0.15) is 0 Å². The van der Waals surface area contributed by atoms with Gasteiger partial charge in [0.1, 0.15) is 12.4 Å². The summed E-state index contributed by atoms with van der Waals surface area (Å²) in [5, 5.41) is 19.1. The average Bonchev–Trinajstić information content (AvgIpc) is 2.90. The quantitative estimate of drug-likeness (QED) is 0.799. The van der Waals surface area contributed by atoms with Gasteiger partial charge in [0.05, 0.1) is 12.0 Å². The minimum absolute atomic E-state index is 0.00438. The number of rotatable bonds is 4. The Bertz CT molecular complexity index is 982. The van der Waals surface area contributed by atoms with E-state index in [0.717, 1.165) is 48.4 Å². The fraction of sp³-hybridized carbons (Fsp3) is 0.400. The Hall–Kier alpha value is -2.63. The van der Waals surface area contributed by atoms with Crippen molar-refractivity contribution < 1.29 is 19.7 Å². The number of ether oxygens (including phenoxy) is 1. The van der Waals surface area contributed by atoms with Gasteiger partial charge in [0.25, 0.3) is 0 Å². The van der Waals surface area contributed by atoms with Crippen LogP contribution in [0.2, 0.25) is 0 Å². The Morgan fingerprint density at radius 2 is 1.83 bits per heavy atom. The molecule has 30 heavy (non-hydrogen) atoms. The molecule has 2 N–H and O–H groups in total. The minimum atomic E-state index is -0.757. The van der Waals surface area contributed by atoms with Crippen LogP contribution in [0.4, 0.5) is 0 Å². The van der Waals surface area contributed by atoms with Crippen molar-refractivity contribution in [3.8, 4) is 5.75 Å². The Balaban J connectivity index is 1.71. The van der Waals surface area contributed by atoms with E-state index in [1.165, 1.54) is 16.7 Å². The maximum Gasteiger partial charge on any atom is 0.310 e. The molecule has 1 fully saturated rings. The summed E-state index contributed by atoms with van der Waals surface area (Å²) in [6.45, 7) is 6.33. The van der Waals surface area contributed by atoms with E-state index in [2.05, 4.69) is 23.1 Å². The van der Waals surface area contributed by atoms with E-state index in [1.807, 2.05) is 24.3 Å². The van der Waals surface area contributed by atoms with Crippen LogP contribution >= 0.6 is 0 Å². The number of aliphatic hydroxyl groups is 1. The molecule has 0 atom stereocenters. The van der Waals surface area contributed by atoms with Crippen LogP contribution in [-0.4, -0.2) is 40.7 Å². The summed E-state index contributed by atoms with van der Waals surface area (Å²) in [5.74, 6) is 0.0901. The molecule has 0 spiro atoms. The van der Waals surface area contributed by atoms with E-state index in [1.54, 1.807) is 13.8 Å². The highest BCUT2D eigenvalue weighted by molar-refractivity contribution is 5.87. The largest absolute Gasteiger partial charge is 0.488 e. The molecular formula is C25H29NO4. The SMILES string of the molecule is CC(C)(CN1CCC(=C2c3ccccc3COc3ccc(CO)cc32)CC1)C(=O)O. The third-order valence-electron chi connectivity index (χ3n) is 6.18. The number of carbonyl (C=O) groups is 1. The molecule has 2 heterocycles. The molecule has 0 unspecified atom stereocenters. The predicted molar refractivity (Wildman–Crippen MR) is 116 cm³/mol. The van der Waals surface area contributed by atoms with Crippen molar-refractivity contribution in [1.29, 1.82) is 0 Å². The van der Waals surface area contributed by atoms with E-state index in [9.17, 15) is 15.0 Å². The summed E-state index contributed by atoms with van der Waals surface area (Å²) in [4.78, 5) is 13.8. The maximum absolute atomic E-state index is 11.5. The molecule has 2 aliphatic heterocycles. The van der Waals surface area contributed by atoms with Crippen molar-refractivity contribution >= 4 is 11.5 Å². The fourth-order valence-electron chi connectivity index (χ4n) is 4.43. The van der Waals surface area contributed by atoms with Gasteiger partial charge >= 0.3 is 5.97 Å². The van der Waals surface area contributed by atoms with Gasteiger partial charge in [0, 0.05) is 25.2 Å². The van der Waals surface area contributed by atoms with Gasteiger partial charge < -0.3 is 19.8 Å². The van der Waals surface area contributed by atoms with Crippen LogP contribution in [0.15, 0.2) is 48.0 Å². The molecule has 2 aromatic carbocycles. The first-order valence-corrected chi connectivity index (χ1v) is 10.5. The molecule has 4 rings (SSSR count). The zero-order valence-electron chi connectivity index (χ0n) is 17.6. The Morgan fingerprint density at radius 3 is 2.53 bits per heavy atom. The molecular weight excluding hydrogens is 378 g/mol. The predicted octanol–water partition coefficient (Wildman–Crippen LogP) is 4.08. The lowest BCUT2D eigenvalue weighted by Gasteiger charge is -2.34. The summed E-state index contributed by atoms with van der Waals surface area (Å²) in [6.07, 6.45) is 1.78. The lowest BCUT2D eigenvalue weighted by molar-refractivity contribution is -0.148. The maximum atomic E-state index is 11.5. The standard InChI is InChI=1S/C25H29NO4/c1-25(2,24(28)29)16-26-11-9-18(10-12-26)23-20-6-4-3-5-19(20)15-30-22-8-7-17(14-27)13-21(22)23/h3-8,13,27H,9-12,14-16H2,1-2H3,(H,28,29). The van der Waals surface area contributed by atoms with Gasteiger partial charge in [-0.1, -0.05) is 35.9 Å². The summed E-state index contributed by atoms with van der Waals surface area (Å²) in [7, 11) is 0. The third kappa shape index (κ3) is 4.00. The number of hydrogen-bond donors (Lipinski definition) is 2. The van der Waals surface area contributed by atoms with Crippen LogP contribution < -0.4 is 4.74 Å². The van der Waals surface area contributed by atoms with Crippen LogP contribution in [0, 0.1) is 5.41 Å². The van der Waals surface area contributed by atoms with E-state index in [0.29, 0.717) is 13.2 Å². The van der Waals surface area contributed by atoms with Crippen molar-refractivity contribution in [2.45, 2.75) is 39.9 Å². The van der Waals surface area contributed by atoms with Crippen molar-refractivity contribution in [2.24, 2.45) is 5.41 Å². The normalized spacial score (nSPS) is 17.0. The molecule has 2 aromatic rings. The molecule has 158 valence electrons. The van der Waals surface area contributed by atoms with Crippen molar-refractivity contribution in [3.63, 3.8) is 0 Å². The highest BCUT2D eigenvalue weighted by atomic mass is 16.5. The third-order valence-corrected chi connectivity index (χ3v) is 6.18. The molecule has 0 bridgehead atoms. The van der Waals surface area contributed by atoms with E-state index in [-0.39, 0.29) is 6.61 Å². The zero-order valence-corrected chi connectivity index (χ0v) is 17.6.